The van der Waals surface area contributed by atoms with Crippen LogP contribution in [0, 0.1) is 6.92 Å². The summed E-state index contributed by atoms with van der Waals surface area (Å²) in [6.45, 7) is 0.639. The SMILES string of the molecule is CNc1nc(NC2CCN(C(C)=O)CC2F)nn2ccc(-c3ccc4nc(C)n(C(F)F)c4n3)c12. The fourth-order valence-corrected chi connectivity index (χ4v) is 4.46. The molecule has 1 aliphatic rings. The first-order valence-corrected chi connectivity index (χ1v) is 11.1. The number of fused-ring (bicyclic) bond motifs is 2. The van der Waals surface area contributed by atoms with Gasteiger partial charge in [0.15, 0.2) is 11.5 Å². The van der Waals surface area contributed by atoms with Gasteiger partial charge in [-0.05, 0) is 31.5 Å². The van der Waals surface area contributed by atoms with Crippen molar-refractivity contribution in [1.82, 2.24) is 34.0 Å². The smallest absolute Gasteiger partial charge is 0.321 e. The van der Waals surface area contributed by atoms with Gasteiger partial charge < -0.3 is 15.5 Å². The van der Waals surface area contributed by atoms with Gasteiger partial charge in [0.25, 0.3) is 0 Å². The Kier molecular flexibility index (Phi) is 5.69. The molecule has 184 valence electrons. The number of alkyl halides is 3. The maximum absolute atomic E-state index is 14.7. The van der Waals surface area contributed by atoms with Crippen LogP contribution < -0.4 is 10.6 Å². The predicted octanol–water partition coefficient (Wildman–Crippen LogP) is 3.26. The predicted molar refractivity (Wildman–Crippen MR) is 124 cm³/mol. The number of amides is 1. The van der Waals surface area contributed by atoms with E-state index in [0.717, 1.165) is 4.57 Å². The fraction of sp³-hybridized carbons (Fsp3) is 0.409. The number of pyridine rings is 1. The van der Waals surface area contributed by atoms with Gasteiger partial charge in [-0.15, -0.1) is 5.10 Å². The van der Waals surface area contributed by atoms with Crippen LogP contribution in [0.25, 0.3) is 27.9 Å². The Morgan fingerprint density at radius 1 is 1.20 bits per heavy atom. The zero-order chi connectivity index (χ0) is 24.9. The highest BCUT2D eigenvalue weighted by Gasteiger charge is 2.31. The maximum atomic E-state index is 14.7. The molecule has 2 N–H and O–H groups in total. The minimum atomic E-state index is -2.76. The minimum absolute atomic E-state index is 0.0185. The molecule has 1 aliphatic heterocycles. The topological polar surface area (TPSA) is 105 Å². The molecule has 0 saturated carbocycles. The first kappa shape index (κ1) is 22.9. The van der Waals surface area contributed by atoms with Gasteiger partial charge in [-0.3, -0.25) is 9.36 Å². The van der Waals surface area contributed by atoms with E-state index in [1.807, 2.05) is 0 Å². The Bertz CT molecular complexity index is 1420. The molecule has 0 bridgehead atoms. The third-order valence-corrected chi connectivity index (χ3v) is 6.23. The molecule has 2 unspecified atom stereocenters. The number of hydrogen-bond acceptors (Lipinski definition) is 7. The second-order valence-electron chi connectivity index (χ2n) is 8.42. The van der Waals surface area contributed by atoms with Crippen LogP contribution >= 0.6 is 0 Å². The van der Waals surface area contributed by atoms with Crippen LogP contribution in [0.5, 0.6) is 0 Å². The number of nitrogens with one attached hydrogen (secondary N) is 2. The Labute approximate surface area is 198 Å². The van der Waals surface area contributed by atoms with Gasteiger partial charge >= 0.3 is 6.55 Å². The van der Waals surface area contributed by atoms with E-state index in [-0.39, 0.29) is 29.9 Å². The lowest BCUT2D eigenvalue weighted by atomic mass is 10.0. The lowest BCUT2D eigenvalue weighted by Gasteiger charge is -2.34. The molecule has 35 heavy (non-hydrogen) atoms. The fourth-order valence-electron chi connectivity index (χ4n) is 4.46. The number of carbonyl (C=O) groups excluding carboxylic acids is 1. The van der Waals surface area contributed by atoms with Gasteiger partial charge in [0.2, 0.25) is 11.9 Å². The average molecular weight is 487 g/mol. The van der Waals surface area contributed by atoms with Gasteiger partial charge in [0, 0.05) is 32.3 Å². The number of aryl methyl sites for hydroxylation is 1. The van der Waals surface area contributed by atoms with Crippen molar-refractivity contribution in [3.05, 3.63) is 30.2 Å². The summed E-state index contributed by atoms with van der Waals surface area (Å²) in [6, 6.07) is 4.59. The van der Waals surface area contributed by atoms with Crippen molar-refractivity contribution in [2.75, 3.05) is 30.8 Å². The summed E-state index contributed by atoms with van der Waals surface area (Å²) in [5.74, 6) is 0.707. The number of aromatic nitrogens is 6. The third kappa shape index (κ3) is 4.00. The van der Waals surface area contributed by atoms with Crippen molar-refractivity contribution < 1.29 is 18.0 Å². The zero-order valence-corrected chi connectivity index (χ0v) is 19.3. The largest absolute Gasteiger partial charge is 0.371 e. The number of imidazole rings is 1. The van der Waals surface area contributed by atoms with Crippen LogP contribution in [0.1, 0.15) is 25.7 Å². The van der Waals surface area contributed by atoms with Crippen LogP contribution in [0.2, 0.25) is 0 Å². The second kappa shape index (κ2) is 8.71. The van der Waals surface area contributed by atoms with E-state index in [9.17, 15) is 18.0 Å². The van der Waals surface area contributed by atoms with Crippen LogP contribution in [0.3, 0.4) is 0 Å². The summed E-state index contributed by atoms with van der Waals surface area (Å²) in [5, 5.41) is 10.5. The van der Waals surface area contributed by atoms with E-state index in [1.165, 1.54) is 18.7 Å². The molecule has 4 aromatic rings. The zero-order valence-electron chi connectivity index (χ0n) is 19.3. The lowest BCUT2D eigenvalue weighted by Crippen LogP contribution is -2.49. The van der Waals surface area contributed by atoms with Gasteiger partial charge in [-0.1, -0.05) is 0 Å². The van der Waals surface area contributed by atoms with Gasteiger partial charge in [-0.2, -0.15) is 13.8 Å². The van der Waals surface area contributed by atoms with Gasteiger partial charge in [-0.25, -0.2) is 18.9 Å². The molecule has 0 aliphatic carbocycles. The summed E-state index contributed by atoms with van der Waals surface area (Å²) in [6.07, 6.45) is 0.865. The number of halogens is 3. The van der Waals surface area contributed by atoms with Crippen molar-refractivity contribution in [1.29, 1.82) is 0 Å². The van der Waals surface area contributed by atoms with E-state index in [2.05, 4.69) is 30.7 Å². The van der Waals surface area contributed by atoms with E-state index >= 15 is 0 Å². The van der Waals surface area contributed by atoms with Crippen molar-refractivity contribution in [3.63, 3.8) is 0 Å². The highest BCUT2D eigenvalue weighted by atomic mass is 19.3. The van der Waals surface area contributed by atoms with E-state index < -0.39 is 18.8 Å². The number of anilines is 2. The van der Waals surface area contributed by atoms with E-state index in [0.29, 0.717) is 41.1 Å². The Balaban J connectivity index is 1.50. The molecule has 13 heteroatoms. The van der Waals surface area contributed by atoms with Crippen LogP contribution in [0.15, 0.2) is 24.4 Å². The number of nitrogens with zero attached hydrogens (tertiary/aromatic N) is 7. The molecule has 5 heterocycles. The molecule has 1 fully saturated rings. The Morgan fingerprint density at radius 2 is 2.00 bits per heavy atom. The molecule has 5 rings (SSSR count). The molecular weight excluding hydrogens is 463 g/mol. The summed E-state index contributed by atoms with van der Waals surface area (Å²) < 4.78 is 44.2. The van der Waals surface area contributed by atoms with E-state index in [1.54, 1.807) is 36.0 Å². The number of piperidine rings is 1. The number of likely N-dealkylation sites (tertiary alicyclic amines) is 1. The summed E-state index contributed by atoms with van der Waals surface area (Å²) >= 11 is 0. The highest BCUT2D eigenvalue weighted by molar-refractivity contribution is 5.89. The van der Waals surface area contributed by atoms with Crippen molar-refractivity contribution in [2.45, 2.75) is 39.0 Å². The number of hydrogen-bond donors (Lipinski definition) is 2. The molecular formula is C22H24F3N9O. The monoisotopic (exact) mass is 487 g/mol. The second-order valence-corrected chi connectivity index (χ2v) is 8.42. The molecule has 10 nitrogen and oxygen atoms in total. The summed E-state index contributed by atoms with van der Waals surface area (Å²) in [4.78, 5) is 26.1. The maximum Gasteiger partial charge on any atom is 0.321 e. The Morgan fingerprint density at radius 3 is 2.69 bits per heavy atom. The molecule has 1 saturated heterocycles. The minimum Gasteiger partial charge on any atom is -0.371 e. The first-order valence-electron chi connectivity index (χ1n) is 11.1. The van der Waals surface area contributed by atoms with E-state index in [4.69, 9.17) is 0 Å². The molecule has 0 radical (unpaired) electrons. The van der Waals surface area contributed by atoms with Crippen LogP contribution in [0.4, 0.5) is 24.9 Å². The quantitative estimate of drug-likeness (QED) is 0.445. The number of rotatable bonds is 5. The summed E-state index contributed by atoms with van der Waals surface area (Å²) in [5.41, 5.74) is 2.16. The Hall–Kier alpha value is -3.90. The molecule has 0 spiro atoms. The molecule has 2 atom stereocenters. The molecule has 4 aromatic heterocycles. The van der Waals surface area contributed by atoms with Crippen LogP contribution in [-0.4, -0.2) is 72.3 Å². The number of carbonyl (C=O) groups is 1. The van der Waals surface area contributed by atoms with Crippen LogP contribution in [-0.2, 0) is 4.79 Å². The van der Waals surface area contributed by atoms with Crippen molar-refractivity contribution in [3.8, 4) is 11.3 Å². The highest BCUT2D eigenvalue weighted by Crippen LogP contribution is 2.31. The van der Waals surface area contributed by atoms with Gasteiger partial charge in [0.1, 0.15) is 23.0 Å². The van der Waals surface area contributed by atoms with Crippen molar-refractivity contribution >= 4 is 34.4 Å². The average Bonchev–Trinajstić information content (AvgIpc) is 3.39. The van der Waals surface area contributed by atoms with Crippen molar-refractivity contribution in [2.24, 2.45) is 0 Å². The molecule has 0 aromatic carbocycles. The summed E-state index contributed by atoms with van der Waals surface area (Å²) in [7, 11) is 1.69. The van der Waals surface area contributed by atoms with Gasteiger partial charge in [0.05, 0.1) is 18.3 Å². The molecule has 1 amide bonds. The normalized spacial score (nSPS) is 18.5. The third-order valence-electron chi connectivity index (χ3n) is 6.23. The lowest BCUT2D eigenvalue weighted by molar-refractivity contribution is -0.131. The first-order chi connectivity index (χ1) is 16.8. The standard InChI is InChI=1S/C22H24F3N9O/c1-11-27-17-5-4-15(28-20(17)34(11)21(24)25)13-6-9-33-18(13)19(26-3)30-22(31-33)29-16-7-8-32(12(2)35)10-14(16)23/h4-6,9,14,16,21H,7-8,10H2,1-3H3,(H2,26,29,30,31).